The van der Waals surface area contributed by atoms with Crippen molar-refractivity contribution in [1.29, 1.82) is 5.26 Å². The van der Waals surface area contributed by atoms with Crippen LogP contribution in [0.25, 0.3) is 0 Å². The third-order valence-electron chi connectivity index (χ3n) is 3.62. The van der Waals surface area contributed by atoms with E-state index in [0.717, 1.165) is 11.3 Å². The van der Waals surface area contributed by atoms with Crippen molar-refractivity contribution in [3.63, 3.8) is 0 Å². The number of thioether (sulfide) groups is 1. The second-order valence-corrected chi connectivity index (χ2v) is 8.40. The molecule has 0 radical (unpaired) electrons. The van der Waals surface area contributed by atoms with Crippen LogP contribution >= 0.6 is 11.8 Å². The molecule has 0 aliphatic carbocycles. The van der Waals surface area contributed by atoms with Crippen LogP contribution in [0.5, 0.6) is 0 Å². The maximum Gasteiger partial charge on any atom is 0.218 e. The summed E-state index contributed by atoms with van der Waals surface area (Å²) >= 11 is 1.82. The van der Waals surface area contributed by atoms with Gasteiger partial charge in [-0.3, -0.25) is 0 Å². The predicted octanol–water partition coefficient (Wildman–Crippen LogP) is 2.21. The van der Waals surface area contributed by atoms with E-state index in [2.05, 4.69) is 6.92 Å². The number of nitriles is 1. The molecule has 1 aromatic carbocycles. The standard InChI is InChI=1S/C14H18N2O2S2/c1-11-12(2)19-8-7-16(11)20(17,18)10-14-5-3-13(9-15)4-6-14/h3-6,11-12H,7-8,10H2,1-2H3. The van der Waals surface area contributed by atoms with Gasteiger partial charge in [-0.2, -0.15) is 21.3 Å². The van der Waals surface area contributed by atoms with Gasteiger partial charge in [-0.05, 0) is 24.6 Å². The topological polar surface area (TPSA) is 61.2 Å². The molecule has 0 spiro atoms. The van der Waals surface area contributed by atoms with E-state index >= 15 is 0 Å². The molecule has 20 heavy (non-hydrogen) atoms. The summed E-state index contributed by atoms with van der Waals surface area (Å²) in [5.74, 6) is 0.846. The van der Waals surface area contributed by atoms with Gasteiger partial charge in [-0.15, -0.1) is 0 Å². The molecule has 2 rings (SSSR count). The average Bonchev–Trinajstić information content (AvgIpc) is 2.42. The molecule has 1 aliphatic heterocycles. The van der Waals surface area contributed by atoms with Gasteiger partial charge in [0.25, 0.3) is 0 Å². The first kappa shape index (κ1) is 15.4. The molecule has 1 heterocycles. The summed E-state index contributed by atoms with van der Waals surface area (Å²) in [6.45, 7) is 4.61. The summed E-state index contributed by atoms with van der Waals surface area (Å²) in [6, 6.07) is 8.79. The first-order valence-electron chi connectivity index (χ1n) is 6.54. The van der Waals surface area contributed by atoms with E-state index in [1.54, 1.807) is 28.6 Å². The molecule has 1 saturated heterocycles. The number of hydrogen-bond donors (Lipinski definition) is 0. The maximum absolute atomic E-state index is 12.5. The van der Waals surface area contributed by atoms with Crippen molar-refractivity contribution in [1.82, 2.24) is 4.31 Å². The third kappa shape index (κ3) is 3.35. The zero-order chi connectivity index (χ0) is 14.8. The van der Waals surface area contributed by atoms with E-state index < -0.39 is 10.0 Å². The van der Waals surface area contributed by atoms with Crippen molar-refractivity contribution < 1.29 is 8.42 Å². The van der Waals surface area contributed by atoms with Crippen molar-refractivity contribution in [2.45, 2.75) is 30.9 Å². The second kappa shape index (κ2) is 6.17. The minimum atomic E-state index is -3.30. The SMILES string of the molecule is CC1SCCN(S(=O)(=O)Cc2ccc(C#N)cc2)C1C. The summed E-state index contributed by atoms with van der Waals surface area (Å²) in [5, 5.41) is 9.07. The fraction of sp³-hybridized carbons (Fsp3) is 0.500. The summed E-state index contributed by atoms with van der Waals surface area (Å²) < 4.78 is 26.7. The van der Waals surface area contributed by atoms with Crippen LogP contribution in [0.2, 0.25) is 0 Å². The van der Waals surface area contributed by atoms with Crippen molar-refractivity contribution >= 4 is 21.8 Å². The Balaban J connectivity index is 2.16. The molecular formula is C14H18N2O2S2. The second-order valence-electron chi connectivity index (χ2n) is 4.99. The van der Waals surface area contributed by atoms with Crippen molar-refractivity contribution in [3.05, 3.63) is 35.4 Å². The first-order chi connectivity index (χ1) is 9.44. The highest BCUT2D eigenvalue weighted by Gasteiger charge is 2.33. The number of hydrogen-bond acceptors (Lipinski definition) is 4. The smallest absolute Gasteiger partial charge is 0.212 e. The zero-order valence-corrected chi connectivity index (χ0v) is 13.2. The molecule has 1 aliphatic rings. The quantitative estimate of drug-likeness (QED) is 0.859. The molecule has 1 fully saturated rings. The van der Waals surface area contributed by atoms with Crippen LogP contribution in [0.4, 0.5) is 0 Å². The van der Waals surface area contributed by atoms with Crippen LogP contribution in [-0.2, 0) is 15.8 Å². The lowest BCUT2D eigenvalue weighted by Crippen LogP contribution is -2.48. The van der Waals surface area contributed by atoms with Gasteiger partial charge in [0.05, 0.1) is 17.4 Å². The summed E-state index contributed by atoms with van der Waals surface area (Å²) in [6.07, 6.45) is 0. The summed E-state index contributed by atoms with van der Waals surface area (Å²) in [4.78, 5) is 0. The van der Waals surface area contributed by atoms with Crippen molar-refractivity contribution in [3.8, 4) is 6.07 Å². The van der Waals surface area contributed by atoms with Crippen LogP contribution in [-0.4, -0.2) is 36.3 Å². The number of nitrogens with zero attached hydrogens (tertiary/aromatic N) is 2. The molecular weight excluding hydrogens is 292 g/mol. The Morgan fingerprint density at radius 1 is 1.35 bits per heavy atom. The summed E-state index contributed by atoms with van der Waals surface area (Å²) in [7, 11) is -3.30. The highest BCUT2D eigenvalue weighted by atomic mass is 32.2. The molecule has 1 aromatic rings. The van der Waals surface area contributed by atoms with Crippen LogP contribution < -0.4 is 0 Å². The minimum absolute atomic E-state index is 0.000432. The maximum atomic E-state index is 12.5. The van der Waals surface area contributed by atoms with Crippen LogP contribution in [0, 0.1) is 11.3 Å². The molecule has 0 bridgehead atoms. The molecule has 4 nitrogen and oxygen atoms in total. The van der Waals surface area contributed by atoms with E-state index in [9.17, 15) is 8.42 Å². The fourth-order valence-corrected chi connectivity index (χ4v) is 5.40. The van der Waals surface area contributed by atoms with Gasteiger partial charge in [0.2, 0.25) is 10.0 Å². The zero-order valence-electron chi connectivity index (χ0n) is 11.6. The fourth-order valence-electron chi connectivity index (χ4n) is 2.27. The van der Waals surface area contributed by atoms with Crippen LogP contribution in [0.1, 0.15) is 25.0 Å². The summed E-state index contributed by atoms with van der Waals surface area (Å²) in [5.41, 5.74) is 1.27. The Labute approximate surface area is 124 Å². The van der Waals surface area contributed by atoms with Gasteiger partial charge in [0.15, 0.2) is 0 Å². The Kier molecular flexibility index (Phi) is 4.74. The largest absolute Gasteiger partial charge is 0.218 e. The number of benzene rings is 1. The van der Waals surface area contributed by atoms with Gasteiger partial charge in [0.1, 0.15) is 0 Å². The third-order valence-corrected chi connectivity index (χ3v) is 6.88. The lowest BCUT2D eigenvalue weighted by Gasteiger charge is -2.36. The van der Waals surface area contributed by atoms with Gasteiger partial charge in [-0.1, -0.05) is 19.1 Å². The normalized spacial score (nSPS) is 24.2. The molecule has 0 aromatic heterocycles. The van der Waals surface area contributed by atoms with Gasteiger partial charge < -0.3 is 0 Å². The lowest BCUT2D eigenvalue weighted by atomic mass is 10.2. The lowest BCUT2D eigenvalue weighted by molar-refractivity contribution is 0.340. The molecule has 108 valence electrons. The van der Waals surface area contributed by atoms with Gasteiger partial charge in [0, 0.05) is 23.6 Å². The highest BCUT2D eigenvalue weighted by Crippen LogP contribution is 2.27. The van der Waals surface area contributed by atoms with Crippen molar-refractivity contribution in [2.75, 3.05) is 12.3 Å². The number of rotatable bonds is 3. The Bertz CT molecular complexity index is 605. The van der Waals surface area contributed by atoms with Gasteiger partial charge in [-0.25, -0.2) is 8.42 Å². The molecule has 0 saturated carbocycles. The Hall–Kier alpha value is -1.03. The van der Waals surface area contributed by atoms with E-state index in [1.807, 2.05) is 24.8 Å². The first-order valence-corrected chi connectivity index (χ1v) is 9.20. The van der Waals surface area contributed by atoms with Crippen LogP contribution in [0.3, 0.4) is 0 Å². The monoisotopic (exact) mass is 310 g/mol. The van der Waals surface area contributed by atoms with E-state index in [1.165, 1.54) is 0 Å². The molecule has 2 unspecified atom stereocenters. The van der Waals surface area contributed by atoms with Gasteiger partial charge >= 0.3 is 0 Å². The number of sulfonamides is 1. The Morgan fingerprint density at radius 3 is 2.60 bits per heavy atom. The van der Waals surface area contributed by atoms with E-state index in [4.69, 9.17) is 5.26 Å². The average molecular weight is 310 g/mol. The molecule has 0 amide bonds. The highest BCUT2D eigenvalue weighted by molar-refractivity contribution is 8.00. The minimum Gasteiger partial charge on any atom is -0.212 e. The van der Waals surface area contributed by atoms with Crippen molar-refractivity contribution in [2.24, 2.45) is 0 Å². The van der Waals surface area contributed by atoms with Crippen LogP contribution in [0.15, 0.2) is 24.3 Å². The Morgan fingerprint density at radius 2 is 2.00 bits per heavy atom. The van der Waals surface area contributed by atoms with E-state index in [-0.39, 0.29) is 11.8 Å². The molecule has 0 N–H and O–H groups in total. The molecule has 2 atom stereocenters. The predicted molar refractivity (Wildman–Crippen MR) is 81.9 cm³/mol. The van der Waals surface area contributed by atoms with E-state index in [0.29, 0.717) is 17.4 Å². The molecule has 6 heteroatoms.